The first-order chi connectivity index (χ1) is 15.6. The molecule has 7 nitrogen and oxygen atoms in total. The second-order valence-corrected chi connectivity index (χ2v) is 6.98. The number of nitrogens with zero attached hydrogens (tertiary/aromatic N) is 1. The predicted octanol–water partition coefficient (Wildman–Crippen LogP) is 4.24. The molecule has 3 amide bonds. The molecule has 1 unspecified atom stereocenters. The molecule has 0 spiro atoms. The molecule has 3 aromatic carbocycles. The van der Waals surface area contributed by atoms with Crippen LogP contribution in [0, 0.1) is 11.3 Å². The van der Waals surface area contributed by atoms with Gasteiger partial charge < -0.3 is 20.7 Å². The maximum absolute atomic E-state index is 12.5. The summed E-state index contributed by atoms with van der Waals surface area (Å²) in [6, 6.07) is 26.4. The van der Waals surface area contributed by atoms with E-state index in [9.17, 15) is 9.59 Å². The summed E-state index contributed by atoms with van der Waals surface area (Å²) in [5, 5.41) is 16.8. The molecule has 0 fully saturated rings. The molecular weight excluding hydrogens is 404 g/mol. The number of para-hydroxylation sites is 1. The largest absolute Gasteiger partial charge is 0.457 e. The Labute approximate surface area is 187 Å². The molecule has 162 valence electrons. The maximum atomic E-state index is 12.5. The summed E-state index contributed by atoms with van der Waals surface area (Å²) in [4.78, 5) is 25.1. The van der Waals surface area contributed by atoms with E-state index < -0.39 is 12.1 Å². The fourth-order valence-electron chi connectivity index (χ4n) is 2.98. The lowest BCUT2D eigenvalue weighted by Gasteiger charge is -2.19. The van der Waals surface area contributed by atoms with Crippen LogP contribution in [0.4, 0.5) is 10.5 Å². The summed E-state index contributed by atoms with van der Waals surface area (Å²) < 4.78 is 5.74. The van der Waals surface area contributed by atoms with E-state index in [1.807, 2.05) is 66.7 Å². The van der Waals surface area contributed by atoms with E-state index in [2.05, 4.69) is 16.0 Å². The molecule has 32 heavy (non-hydrogen) atoms. The number of anilines is 1. The zero-order chi connectivity index (χ0) is 22.6. The first-order valence-electron chi connectivity index (χ1n) is 10.2. The molecule has 0 aromatic heterocycles. The van der Waals surface area contributed by atoms with Crippen LogP contribution in [-0.4, -0.2) is 24.5 Å². The van der Waals surface area contributed by atoms with Crippen LogP contribution in [0.1, 0.15) is 12.0 Å². The number of urea groups is 1. The van der Waals surface area contributed by atoms with Gasteiger partial charge in [0.2, 0.25) is 5.91 Å². The number of rotatable bonds is 9. The Bertz CT molecular complexity index is 1050. The Morgan fingerprint density at radius 3 is 2.16 bits per heavy atom. The molecule has 0 aliphatic heterocycles. The molecule has 0 saturated heterocycles. The van der Waals surface area contributed by atoms with Crippen LogP contribution in [0.2, 0.25) is 0 Å². The topological polar surface area (TPSA) is 103 Å². The van der Waals surface area contributed by atoms with Crippen LogP contribution in [0.25, 0.3) is 0 Å². The molecule has 0 aliphatic carbocycles. The summed E-state index contributed by atoms with van der Waals surface area (Å²) >= 11 is 0. The van der Waals surface area contributed by atoms with Crippen molar-refractivity contribution in [2.45, 2.75) is 18.9 Å². The summed E-state index contributed by atoms with van der Waals surface area (Å²) in [6.07, 6.45) is 0.532. The van der Waals surface area contributed by atoms with Crippen LogP contribution in [0.3, 0.4) is 0 Å². The molecule has 0 aliphatic rings. The minimum Gasteiger partial charge on any atom is -0.457 e. The van der Waals surface area contributed by atoms with Gasteiger partial charge in [0.25, 0.3) is 0 Å². The third-order valence-electron chi connectivity index (χ3n) is 4.53. The van der Waals surface area contributed by atoms with Gasteiger partial charge in [-0.05, 0) is 42.0 Å². The van der Waals surface area contributed by atoms with Crippen molar-refractivity contribution in [3.05, 3.63) is 90.5 Å². The highest BCUT2D eigenvalue weighted by Gasteiger charge is 2.21. The van der Waals surface area contributed by atoms with Gasteiger partial charge in [-0.3, -0.25) is 4.79 Å². The van der Waals surface area contributed by atoms with Crippen LogP contribution >= 0.6 is 0 Å². The van der Waals surface area contributed by atoms with Gasteiger partial charge in [-0.25, -0.2) is 4.79 Å². The van der Waals surface area contributed by atoms with Gasteiger partial charge in [0.15, 0.2) is 0 Å². The van der Waals surface area contributed by atoms with Crippen molar-refractivity contribution < 1.29 is 14.3 Å². The Hall–Kier alpha value is -4.31. The van der Waals surface area contributed by atoms with Crippen LogP contribution in [-0.2, 0) is 11.2 Å². The Morgan fingerprint density at radius 1 is 0.875 bits per heavy atom. The van der Waals surface area contributed by atoms with E-state index in [0.29, 0.717) is 17.9 Å². The second-order valence-electron chi connectivity index (χ2n) is 6.98. The van der Waals surface area contributed by atoms with E-state index >= 15 is 0 Å². The minimum atomic E-state index is -0.781. The van der Waals surface area contributed by atoms with Crippen molar-refractivity contribution in [3.63, 3.8) is 0 Å². The number of nitrogens with one attached hydrogen (secondary N) is 3. The molecule has 0 saturated carbocycles. The highest BCUT2D eigenvalue weighted by Crippen LogP contribution is 2.22. The van der Waals surface area contributed by atoms with Gasteiger partial charge in [-0.15, -0.1) is 0 Å². The second kappa shape index (κ2) is 11.8. The van der Waals surface area contributed by atoms with Gasteiger partial charge in [0.1, 0.15) is 17.5 Å². The number of carbonyl (C=O) groups is 2. The summed E-state index contributed by atoms with van der Waals surface area (Å²) in [5.41, 5.74) is 1.47. The number of carbonyl (C=O) groups excluding carboxylic acids is 2. The van der Waals surface area contributed by atoms with Gasteiger partial charge in [-0.1, -0.05) is 48.5 Å². The lowest BCUT2D eigenvalue weighted by molar-refractivity contribution is -0.122. The molecule has 3 N–H and O–H groups in total. The Morgan fingerprint density at radius 2 is 1.50 bits per heavy atom. The summed E-state index contributed by atoms with van der Waals surface area (Å²) in [5.74, 6) is 1.02. The minimum absolute atomic E-state index is 0.202. The van der Waals surface area contributed by atoms with Crippen molar-refractivity contribution in [2.24, 2.45) is 0 Å². The zero-order valence-corrected chi connectivity index (χ0v) is 17.5. The van der Waals surface area contributed by atoms with Gasteiger partial charge in [0, 0.05) is 18.7 Å². The van der Waals surface area contributed by atoms with Crippen LogP contribution in [0.5, 0.6) is 11.5 Å². The molecule has 0 bridgehead atoms. The van der Waals surface area contributed by atoms with Crippen molar-refractivity contribution in [3.8, 4) is 17.6 Å². The lowest BCUT2D eigenvalue weighted by atomic mass is 10.1. The number of ether oxygens (including phenoxy) is 1. The first kappa shape index (κ1) is 22.4. The van der Waals surface area contributed by atoms with Crippen molar-refractivity contribution in [1.29, 1.82) is 5.26 Å². The molecule has 0 heterocycles. The van der Waals surface area contributed by atoms with E-state index in [1.54, 1.807) is 24.3 Å². The van der Waals surface area contributed by atoms with E-state index in [0.717, 1.165) is 11.3 Å². The van der Waals surface area contributed by atoms with E-state index in [4.69, 9.17) is 10.00 Å². The molecule has 0 radical (unpaired) electrons. The first-order valence-corrected chi connectivity index (χ1v) is 10.2. The number of amides is 3. The van der Waals surface area contributed by atoms with Gasteiger partial charge >= 0.3 is 6.03 Å². The summed E-state index contributed by atoms with van der Waals surface area (Å²) in [6.45, 7) is 0.229. The highest BCUT2D eigenvalue weighted by atomic mass is 16.5. The monoisotopic (exact) mass is 428 g/mol. The predicted molar refractivity (Wildman–Crippen MR) is 122 cm³/mol. The third kappa shape index (κ3) is 7.18. The zero-order valence-electron chi connectivity index (χ0n) is 17.5. The average Bonchev–Trinajstić information content (AvgIpc) is 2.81. The Balaban J connectivity index is 1.59. The summed E-state index contributed by atoms with van der Waals surface area (Å²) in [7, 11) is 0. The van der Waals surface area contributed by atoms with Crippen molar-refractivity contribution in [2.75, 3.05) is 11.9 Å². The average molecular weight is 428 g/mol. The van der Waals surface area contributed by atoms with E-state index in [1.165, 1.54) is 0 Å². The quantitative estimate of drug-likeness (QED) is 0.444. The van der Waals surface area contributed by atoms with Gasteiger partial charge in [-0.2, -0.15) is 5.26 Å². The van der Waals surface area contributed by atoms with E-state index in [-0.39, 0.29) is 18.9 Å². The number of benzene rings is 3. The molecule has 1 atom stereocenters. The lowest BCUT2D eigenvalue weighted by Crippen LogP contribution is -2.49. The Kier molecular flexibility index (Phi) is 8.23. The maximum Gasteiger partial charge on any atom is 0.319 e. The molecule has 3 aromatic rings. The highest BCUT2D eigenvalue weighted by molar-refractivity contribution is 5.93. The smallest absolute Gasteiger partial charge is 0.319 e. The number of hydrogen-bond donors (Lipinski definition) is 3. The number of nitriles is 1. The van der Waals surface area contributed by atoms with Crippen molar-refractivity contribution in [1.82, 2.24) is 10.6 Å². The van der Waals surface area contributed by atoms with Crippen LogP contribution in [0.15, 0.2) is 84.9 Å². The fraction of sp³-hybridized carbons (Fsp3) is 0.160. The van der Waals surface area contributed by atoms with Gasteiger partial charge in [0.05, 0.1) is 12.5 Å². The number of hydrogen-bond acceptors (Lipinski definition) is 4. The fourth-order valence-corrected chi connectivity index (χ4v) is 2.98. The molecule has 7 heteroatoms. The standard InChI is InChI=1S/C25H24N4O3/c26-16-7-17-27-24(30)23(18-19-8-3-1-4-9-19)29-25(31)28-20-12-14-22(15-13-20)32-21-10-5-2-6-11-21/h1-6,8-15,23H,7,17-18H2,(H,27,30)(H2,28,29,31). The molecule has 3 rings (SSSR count). The normalized spacial score (nSPS) is 11.0. The molecular formula is C25H24N4O3. The SMILES string of the molecule is N#CCCNC(=O)C(Cc1ccccc1)NC(=O)Nc1ccc(Oc2ccccc2)cc1. The van der Waals surface area contributed by atoms with Crippen molar-refractivity contribution >= 4 is 17.6 Å². The van der Waals surface area contributed by atoms with Crippen LogP contribution < -0.4 is 20.7 Å². The third-order valence-corrected chi connectivity index (χ3v) is 4.53.